The second-order valence-electron chi connectivity index (χ2n) is 4.21. The standard InChI is InChI=1S/C12H16BrNOS/c13-9-5-2-1-3-6-10(9)14-12(15)11-7-4-8-16-11/h4,7-10H,1-3,5-6H2,(H,14,15). The number of carbonyl (C=O) groups excluding carboxylic acids is 1. The van der Waals surface area contributed by atoms with Crippen LogP contribution < -0.4 is 5.32 Å². The molecule has 0 bridgehead atoms. The molecule has 2 unspecified atom stereocenters. The van der Waals surface area contributed by atoms with Gasteiger partial charge in [0.2, 0.25) is 0 Å². The van der Waals surface area contributed by atoms with Crippen molar-refractivity contribution in [2.75, 3.05) is 0 Å². The fourth-order valence-corrected chi connectivity index (χ4v) is 3.42. The highest BCUT2D eigenvalue weighted by atomic mass is 79.9. The average molecular weight is 302 g/mol. The molecule has 0 spiro atoms. The number of hydrogen-bond donors (Lipinski definition) is 1. The Bertz CT molecular complexity index is 339. The molecule has 0 radical (unpaired) electrons. The maximum Gasteiger partial charge on any atom is 0.261 e. The van der Waals surface area contributed by atoms with Crippen molar-refractivity contribution in [3.63, 3.8) is 0 Å². The Balaban J connectivity index is 1.95. The van der Waals surface area contributed by atoms with Crippen molar-refractivity contribution in [2.24, 2.45) is 0 Å². The van der Waals surface area contributed by atoms with E-state index in [9.17, 15) is 4.79 Å². The van der Waals surface area contributed by atoms with Gasteiger partial charge in [-0.3, -0.25) is 4.79 Å². The molecule has 2 atom stereocenters. The van der Waals surface area contributed by atoms with Gasteiger partial charge in [0, 0.05) is 10.9 Å². The van der Waals surface area contributed by atoms with Crippen LogP contribution in [0.5, 0.6) is 0 Å². The van der Waals surface area contributed by atoms with E-state index in [1.165, 1.54) is 30.6 Å². The van der Waals surface area contributed by atoms with E-state index in [1.807, 2.05) is 17.5 Å². The van der Waals surface area contributed by atoms with Crippen molar-refractivity contribution < 1.29 is 4.79 Å². The minimum Gasteiger partial charge on any atom is -0.347 e. The number of carbonyl (C=O) groups is 1. The van der Waals surface area contributed by atoms with E-state index in [4.69, 9.17) is 0 Å². The molecule has 0 aromatic carbocycles. The van der Waals surface area contributed by atoms with Crippen LogP contribution >= 0.6 is 27.3 Å². The summed E-state index contributed by atoms with van der Waals surface area (Å²) >= 11 is 5.18. The number of halogens is 1. The fraction of sp³-hybridized carbons (Fsp3) is 0.583. The second kappa shape index (κ2) is 5.82. The zero-order valence-corrected chi connectivity index (χ0v) is 11.5. The number of thiophene rings is 1. The van der Waals surface area contributed by atoms with Crippen molar-refractivity contribution in [1.82, 2.24) is 5.32 Å². The van der Waals surface area contributed by atoms with Gasteiger partial charge in [0.05, 0.1) is 4.88 Å². The minimum absolute atomic E-state index is 0.0753. The lowest BCUT2D eigenvalue weighted by Gasteiger charge is -2.20. The van der Waals surface area contributed by atoms with E-state index in [0.29, 0.717) is 4.83 Å². The van der Waals surface area contributed by atoms with Gasteiger partial charge in [-0.25, -0.2) is 0 Å². The first-order valence-electron chi connectivity index (χ1n) is 5.76. The highest BCUT2D eigenvalue weighted by Gasteiger charge is 2.23. The van der Waals surface area contributed by atoms with Gasteiger partial charge in [-0.1, -0.05) is 41.3 Å². The molecule has 1 aliphatic carbocycles. The van der Waals surface area contributed by atoms with Gasteiger partial charge in [-0.2, -0.15) is 0 Å². The summed E-state index contributed by atoms with van der Waals surface area (Å²) in [5.41, 5.74) is 0. The van der Waals surface area contributed by atoms with E-state index in [-0.39, 0.29) is 11.9 Å². The normalized spacial score (nSPS) is 26.1. The molecule has 2 nitrogen and oxygen atoms in total. The summed E-state index contributed by atoms with van der Waals surface area (Å²) < 4.78 is 0. The van der Waals surface area contributed by atoms with Crippen molar-refractivity contribution in [3.8, 4) is 0 Å². The number of rotatable bonds is 2. The molecule has 1 aromatic rings. The Labute approximate surface area is 109 Å². The maximum atomic E-state index is 11.9. The van der Waals surface area contributed by atoms with Crippen LogP contribution in [0.25, 0.3) is 0 Å². The summed E-state index contributed by atoms with van der Waals surface area (Å²) in [5.74, 6) is 0.0753. The molecule has 1 fully saturated rings. The highest BCUT2D eigenvalue weighted by molar-refractivity contribution is 9.09. The molecule has 88 valence electrons. The zero-order valence-electron chi connectivity index (χ0n) is 9.12. The SMILES string of the molecule is O=C(NC1CCCCCC1Br)c1cccs1. The predicted octanol–water partition coefficient (Wildman–Crippen LogP) is 3.57. The number of amides is 1. The maximum absolute atomic E-state index is 11.9. The van der Waals surface area contributed by atoms with E-state index in [0.717, 1.165) is 17.7 Å². The van der Waals surface area contributed by atoms with Gasteiger partial charge in [0.25, 0.3) is 5.91 Å². The summed E-state index contributed by atoms with van der Waals surface area (Å²) in [5, 5.41) is 5.07. The van der Waals surface area contributed by atoms with Gasteiger partial charge in [-0.05, 0) is 24.3 Å². The van der Waals surface area contributed by atoms with Crippen molar-refractivity contribution in [1.29, 1.82) is 0 Å². The molecule has 1 N–H and O–H groups in total. The van der Waals surface area contributed by atoms with Crippen LogP contribution in [0.4, 0.5) is 0 Å². The minimum atomic E-state index is 0.0753. The molecule has 1 aromatic heterocycles. The third kappa shape index (κ3) is 3.08. The summed E-state index contributed by atoms with van der Waals surface area (Å²) in [6.07, 6.45) is 6.02. The first kappa shape index (κ1) is 12.1. The molecule has 1 aliphatic rings. The Morgan fingerprint density at radius 1 is 1.38 bits per heavy atom. The van der Waals surface area contributed by atoms with Crippen LogP contribution in [-0.2, 0) is 0 Å². The Morgan fingerprint density at radius 2 is 2.19 bits per heavy atom. The lowest BCUT2D eigenvalue weighted by Crippen LogP contribution is -2.39. The van der Waals surface area contributed by atoms with Crippen molar-refractivity contribution in [3.05, 3.63) is 22.4 Å². The summed E-state index contributed by atoms with van der Waals surface area (Å²) in [7, 11) is 0. The third-order valence-corrected chi connectivity index (χ3v) is 4.96. The fourth-order valence-electron chi connectivity index (χ4n) is 2.07. The van der Waals surface area contributed by atoms with E-state index >= 15 is 0 Å². The smallest absolute Gasteiger partial charge is 0.261 e. The lowest BCUT2D eigenvalue weighted by atomic mass is 10.1. The molecule has 2 rings (SSSR count). The molecule has 1 heterocycles. The molecule has 0 aliphatic heterocycles. The van der Waals surface area contributed by atoms with Gasteiger partial charge < -0.3 is 5.32 Å². The van der Waals surface area contributed by atoms with Crippen LogP contribution in [0, 0.1) is 0 Å². The first-order chi connectivity index (χ1) is 7.77. The largest absolute Gasteiger partial charge is 0.347 e. The Hall–Kier alpha value is -0.350. The van der Waals surface area contributed by atoms with Crippen molar-refractivity contribution in [2.45, 2.75) is 43.0 Å². The van der Waals surface area contributed by atoms with E-state index in [2.05, 4.69) is 21.2 Å². The molecular weight excluding hydrogens is 286 g/mol. The Kier molecular flexibility index (Phi) is 4.41. The first-order valence-corrected chi connectivity index (χ1v) is 7.55. The highest BCUT2D eigenvalue weighted by Crippen LogP contribution is 2.24. The summed E-state index contributed by atoms with van der Waals surface area (Å²) in [4.78, 5) is 13.1. The molecule has 0 saturated heterocycles. The zero-order chi connectivity index (χ0) is 11.4. The summed E-state index contributed by atoms with van der Waals surface area (Å²) in [6, 6.07) is 4.08. The summed E-state index contributed by atoms with van der Waals surface area (Å²) in [6.45, 7) is 0. The number of hydrogen-bond acceptors (Lipinski definition) is 2. The monoisotopic (exact) mass is 301 g/mol. The van der Waals surface area contributed by atoms with Crippen LogP contribution in [0.3, 0.4) is 0 Å². The number of nitrogens with one attached hydrogen (secondary N) is 1. The van der Waals surface area contributed by atoms with Crippen LogP contribution in [0.2, 0.25) is 0 Å². The topological polar surface area (TPSA) is 29.1 Å². The van der Waals surface area contributed by atoms with Crippen molar-refractivity contribution >= 4 is 33.2 Å². The van der Waals surface area contributed by atoms with E-state index < -0.39 is 0 Å². The second-order valence-corrected chi connectivity index (χ2v) is 6.34. The van der Waals surface area contributed by atoms with Gasteiger partial charge in [-0.15, -0.1) is 11.3 Å². The van der Waals surface area contributed by atoms with Crippen LogP contribution in [0.15, 0.2) is 17.5 Å². The van der Waals surface area contributed by atoms with Gasteiger partial charge in [0.15, 0.2) is 0 Å². The Morgan fingerprint density at radius 3 is 2.94 bits per heavy atom. The molecule has 1 saturated carbocycles. The van der Waals surface area contributed by atoms with Gasteiger partial charge >= 0.3 is 0 Å². The molecular formula is C12H16BrNOS. The van der Waals surface area contributed by atoms with Gasteiger partial charge in [0.1, 0.15) is 0 Å². The molecule has 1 amide bonds. The van der Waals surface area contributed by atoms with Crippen LogP contribution in [0.1, 0.15) is 41.8 Å². The predicted molar refractivity (Wildman–Crippen MR) is 71.4 cm³/mol. The lowest BCUT2D eigenvalue weighted by molar-refractivity contribution is 0.0939. The third-order valence-electron chi connectivity index (χ3n) is 2.99. The van der Waals surface area contributed by atoms with E-state index in [1.54, 1.807) is 0 Å². The quantitative estimate of drug-likeness (QED) is 0.656. The van der Waals surface area contributed by atoms with Crippen LogP contribution in [-0.4, -0.2) is 16.8 Å². The average Bonchev–Trinajstić information content (AvgIpc) is 2.73. The number of alkyl halides is 1. The molecule has 16 heavy (non-hydrogen) atoms. The molecule has 4 heteroatoms.